The van der Waals surface area contributed by atoms with Gasteiger partial charge in [0.15, 0.2) is 5.65 Å². The fourth-order valence-electron chi connectivity index (χ4n) is 3.42. The van der Waals surface area contributed by atoms with E-state index in [-0.39, 0.29) is 41.2 Å². The number of allylic oxidation sites excluding steroid dienone is 1. The molecule has 1 atom stereocenters. The molecule has 8 nitrogen and oxygen atoms in total. The molecule has 1 aliphatic heterocycles. The highest BCUT2D eigenvalue weighted by atomic mass is 32.2. The number of ether oxygens (including phenoxy) is 1. The summed E-state index contributed by atoms with van der Waals surface area (Å²) in [4.78, 5) is 21.6. The highest BCUT2D eigenvalue weighted by molar-refractivity contribution is 7.87. The van der Waals surface area contributed by atoms with E-state index in [0.29, 0.717) is 11.8 Å². The van der Waals surface area contributed by atoms with Gasteiger partial charge in [-0.3, -0.25) is 9.20 Å². The van der Waals surface area contributed by atoms with Gasteiger partial charge < -0.3 is 8.92 Å². The lowest BCUT2D eigenvalue weighted by molar-refractivity contribution is -0.0568. The average Bonchev–Trinajstić information content (AvgIpc) is 2.76. The van der Waals surface area contributed by atoms with E-state index in [1.807, 2.05) is 0 Å². The Morgan fingerprint density at radius 1 is 1.17 bits per heavy atom. The highest BCUT2D eigenvalue weighted by Crippen LogP contribution is 2.33. The Labute approximate surface area is 194 Å². The molecule has 3 aromatic rings. The van der Waals surface area contributed by atoms with Gasteiger partial charge in [0.2, 0.25) is 0 Å². The van der Waals surface area contributed by atoms with E-state index < -0.39 is 44.7 Å². The molecular formula is C21H16F5N3O5S. The second kappa shape index (κ2) is 8.59. The molecule has 0 fully saturated rings. The zero-order valence-electron chi connectivity index (χ0n) is 18.1. The van der Waals surface area contributed by atoms with Crippen LogP contribution in [-0.2, 0) is 19.0 Å². The quantitative estimate of drug-likeness (QED) is 0.294. The van der Waals surface area contributed by atoms with Crippen LogP contribution >= 0.6 is 0 Å². The van der Waals surface area contributed by atoms with Gasteiger partial charge in [0, 0.05) is 41.1 Å². The van der Waals surface area contributed by atoms with Crippen LogP contribution in [0, 0.1) is 25.5 Å². The van der Waals surface area contributed by atoms with Gasteiger partial charge in [-0.2, -0.15) is 21.6 Å². The molecular weight excluding hydrogens is 501 g/mol. The summed E-state index contributed by atoms with van der Waals surface area (Å²) in [5.74, 6) is -3.61. The maximum atomic E-state index is 14.7. The Morgan fingerprint density at radius 2 is 1.89 bits per heavy atom. The molecule has 0 radical (unpaired) electrons. The Hall–Kier alpha value is -3.55. The van der Waals surface area contributed by atoms with Crippen LogP contribution in [0.4, 0.5) is 22.0 Å². The number of alkyl halides is 3. The molecule has 0 unspecified atom stereocenters. The predicted octanol–water partition coefficient (Wildman–Crippen LogP) is 3.86. The highest BCUT2D eigenvalue weighted by Gasteiger charge is 2.49. The van der Waals surface area contributed by atoms with Crippen LogP contribution in [0.1, 0.15) is 29.3 Å². The normalized spacial score (nSPS) is 16.7. The summed E-state index contributed by atoms with van der Waals surface area (Å²) < 4.78 is 99.0. The summed E-state index contributed by atoms with van der Waals surface area (Å²) in [6.45, 7) is 2.86. The van der Waals surface area contributed by atoms with Crippen molar-refractivity contribution in [1.82, 2.24) is 14.4 Å². The summed E-state index contributed by atoms with van der Waals surface area (Å²) >= 11 is 0. The molecule has 0 amide bonds. The predicted molar refractivity (Wildman–Crippen MR) is 112 cm³/mol. The lowest BCUT2D eigenvalue weighted by Crippen LogP contribution is -2.27. The van der Waals surface area contributed by atoms with Crippen LogP contribution < -0.4 is 5.56 Å². The summed E-state index contributed by atoms with van der Waals surface area (Å²) in [5.41, 5.74) is -5.80. The van der Waals surface area contributed by atoms with E-state index in [2.05, 4.69) is 14.2 Å². The third-order valence-electron chi connectivity index (χ3n) is 5.35. The third-order valence-corrected chi connectivity index (χ3v) is 6.30. The van der Waals surface area contributed by atoms with Gasteiger partial charge in [-0.25, -0.2) is 18.7 Å². The summed E-state index contributed by atoms with van der Waals surface area (Å²) in [6, 6.07) is 2.73. The van der Waals surface area contributed by atoms with Crippen LogP contribution in [0.5, 0.6) is 0 Å². The van der Waals surface area contributed by atoms with Gasteiger partial charge in [-0.15, -0.1) is 0 Å². The molecule has 14 heteroatoms. The Morgan fingerprint density at radius 3 is 2.54 bits per heavy atom. The second-order valence-corrected chi connectivity index (χ2v) is 9.21. The first-order chi connectivity index (χ1) is 16.3. The number of benzene rings is 1. The Bertz CT molecular complexity index is 1530. The SMILES string of the molecule is Cc1nc2c(-c3ccc(F)cc3F)nc([C@H]3C=C(OS(=O)(=O)C(F)(F)F)OCC3)cn2c(=O)c1C. The van der Waals surface area contributed by atoms with Gasteiger partial charge in [0.05, 0.1) is 12.3 Å². The molecule has 35 heavy (non-hydrogen) atoms. The van der Waals surface area contributed by atoms with Crippen molar-refractivity contribution in [3.05, 3.63) is 75.4 Å². The van der Waals surface area contributed by atoms with Gasteiger partial charge in [-0.1, -0.05) is 0 Å². The molecule has 0 spiro atoms. The average molecular weight is 517 g/mol. The minimum absolute atomic E-state index is 0.0282. The molecule has 0 aliphatic carbocycles. The number of nitrogens with zero attached hydrogens (tertiary/aromatic N) is 3. The number of halogens is 5. The lowest BCUT2D eigenvalue weighted by Gasteiger charge is -2.22. The van der Waals surface area contributed by atoms with E-state index >= 15 is 0 Å². The zero-order valence-corrected chi connectivity index (χ0v) is 18.9. The molecule has 4 rings (SSSR count). The monoisotopic (exact) mass is 517 g/mol. The first kappa shape index (κ1) is 24.6. The maximum absolute atomic E-state index is 14.7. The smallest absolute Gasteiger partial charge is 0.465 e. The van der Waals surface area contributed by atoms with Crippen molar-refractivity contribution in [2.45, 2.75) is 31.7 Å². The van der Waals surface area contributed by atoms with E-state index in [1.54, 1.807) is 6.92 Å². The van der Waals surface area contributed by atoms with Gasteiger partial charge in [0.25, 0.3) is 11.5 Å². The zero-order chi connectivity index (χ0) is 25.7. The van der Waals surface area contributed by atoms with E-state index in [0.717, 1.165) is 22.6 Å². The van der Waals surface area contributed by atoms with Crippen LogP contribution in [0.2, 0.25) is 0 Å². The molecule has 0 saturated heterocycles. The molecule has 2 aromatic heterocycles. The molecule has 1 aromatic carbocycles. The largest absolute Gasteiger partial charge is 0.534 e. The van der Waals surface area contributed by atoms with Crippen molar-refractivity contribution >= 4 is 15.8 Å². The van der Waals surface area contributed by atoms with Crippen LogP contribution in [0.25, 0.3) is 16.9 Å². The van der Waals surface area contributed by atoms with Crippen molar-refractivity contribution in [3.63, 3.8) is 0 Å². The van der Waals surface area contributed by atoms with Crippen molar-refractivity contribution in [2.75, 3.05) is 6.61 Å². The van der Waals surface area contributed by atoms with E-state index in [9.17, 15) is 35.2 Å². The standard InChI is InChI=1S/C21H16F5N3O5S/c1-10-11(2)27-19-18(14-4-3-13(22)8-15(14)23)28-16(9-29(19)20(10)30)12-5-6-33-17(7-12)34-35(31,32)21(24,25)26/h3-4,7-9,12H,5-6H2,1-2H3/t12-/m1/s1. The van der Waals surface area contributed by atoms with Crippen molar-refractivity contribution in [2.24, 2.45) is 0 Å². The first-order valence-electron chi connectivity index (χ1n) is 10.00. The lowest BCUT2D eigenvalue weighted by atomic mass is 10.00. The van der Waals surface area contributed by atoms with Crippen molar-refractivity contribution < 1.29 is 39.3 Å². The molecule has 0 N–H and O–H groups in total. The Kier molecular flexibility index (Phi) is 6.03. The summed E-state index contributed by atoms with van der Waals surface area (Å²) in [7, 11) is -5.98. The summed E-state index contributed by atoms with van der Waals surface area (Å²) in [6.07, 6.45) is 2.35. The van der Waals surface area contributed by atoms with Crippen molar-refractivity contribution in [1.29, 1.82) is 0 Å². The van der Waals surface area contributed by atoms with Crippen LogP contribution in [-0.4, -0.2) is 34.9 Å². The van der Waals surface area contributed by atoms with Crippen molar-refractivity contribution in [3.8, 4) is 11.3 Å². The van der Waals surface area contributed by atoms with E-state index in [1.165, 1.54) is 13.1 Å². The fourth-order valence-corrected chi connectivity index (χ4v) is 3.83. The number of aryl methyl sites for hydroxylation is 1. The molecule has 0 saturated carbocycles. The fraction of sp³-hybridized carbons (Fsp3) is 0.286. The molecule has 0 bridgehead atoms. The number of aromatic nitrogens is 3. The number of hydrogen-bond acceptors (Lipinski definition) is 7. The van der Waals surface area contributed by atoms with Gasteiger partial charge in [0.1, 0.15) is 17.3 Å². The minimum Gasteiger partial charge on any atom is -0.465 e. The number of fused-ring (bicyclic) bond motifs is 1. The Balaban J connectivity index is 1.91. The molecule has 3 heterocycles. The number of hydrogen-bond donors (Lipinski definition) is 0. The van der Waals surface area contributed by atoms with Gasteiger partial charge >= 0.3 is 15.6 Å². The minimum atomic E-state index is -5.98. The van der Waals surface area contributed by atoms with E-state index in [4.69, 9.17) is 4.74 Å². The topological polar surface area (TPSA) is 99.9 Å². The molecule has 1 aliphatic rings. The maximum Gasteiger partial charge on any atom is 0.534 e. The van der Waals surface area contributed by atoms with Gasteiger partial charge in [-0.05, 0) is 32.4 Å². The summed E-state index contributed by atoms with van der Waals surface area (Å²) in [5, 5.41) is 0. The number of rotatable bonds is 4. The second-order valence-electron chi connectivity index (χ2n) is 7.67. The van der Waals surface area contributed by atoms with Crippen LogP contribution in [0.15, 0.2) is 41.2 Å². The molecule has 186 valence electrons. The first-order valence-corrected chi connectivity index (χ1v) is 11.4. The van der Waals surface area contributed by atoms with Crippen LogP contribution in [0.3, 0.4) is 0 Å². The third kappa shape index (κ3) is 4.57.